The van der Waals surface area contributed by atoms with Gasteiger partial charge in [0.15, 0.2) is 0 Å². The maximum absolute atomic E-state index is 11.6. The Hall–Kier alpha value is -1.12. The first-order chi connectivity index (χ1) is 22.0. The van der Waals surface area contributed by atoms with Gasteiger partial charge in [0.2, 0.25) is 0 Å². The van der Waals surface area contributed by atoms with E-state index in [0.29, 0.717) is 0 Å². The van der Waals surface area contributed by atoms with E-state index in [1.54, 1.807) is 0 Å². The summed E-state index contributed by atoms with van der Waals surface area (Å²) in [6.07, 6.45) is 54.9. The first-order valence-electron chi connectivity index (χ1n) is 20.0. The predicted molar refractivity (Wildman–Crippen MR) is 205 cm³/mol. The molecule has 0 radical (unpaired) electrons. The summed E-state index contributed by atoms with van der Waals surface area (Å²) in [5.41, 5.74) is -0.434. The lowest BCUT2D eigenvalue weighted by Crippen LogP contribution is -2.29. The van der Waals surface area contributed by atoms with E-state index in [-0.39, 0.29) is 0 Å². The maximum Gasteiger partial charge on any atom is 0.0647 e. The lowest BCUT2D eigenvalue weighted by molar-refractivity contribution is 0.00684. The minimum atomic E-state index is -0.434. The summed E-state index contributed by atoms with van der Waals surface area (Å²) in [5, 5.41) is 11.6. The van der Waals surface area contributed by atoms with Crippen LogP contribution in [0.2, 0.25) is 0 Å². The number of allylic oxidation sites excluding steroid dienone is 8. The Labute approximate surface area is 284 Å². The smallest absolute Gasteiger partial charge is 0.0647 e. The first-order valence-corrected chi connectivity index (χ1v) is 20.0. The number of unbranched alkanes of at least 4 members (excludes halogenated alkanes) is 19. The van der Waals surface area contributed by atoms with Crippen molar-refractivity contribution >= 4 is 0 Å². The Morgan fingerprint density at radius 3 is 1.07 bits per heavy atom. The number of aliphatic hydroxyl groups is 1. The molecule has 0 aliphatic carbocycles. The van der Waals surface area contributed by atoms with Gasteiger partial charge in [-0.3, -0.25) is 0 Å². The van der Waals surface area contributed by atoms with Crippen molar-refractivity contribution in [2.75, 3.05) is 20.6 Å². The quantitative estimate of drug-likeness (QED) is 0.0558. The second kappa shape index (κ2) is 35.7. The summed E-state index contributed by atoms with van der Waals surface area (Å²) in [6, 6.07) is 0. The predicted octanol–water partition coefficient (Wildman–Crippen LogP) is 13.9. The molecule has 0 spiro atoms. The Balaban J connectivity index is 3.98. The molecule has 0 aliphatic heterocycles. The van der Waals surface area contributed by atoms with E-state index in [1.165, 1.54) is 148 Å². The lowest BCUT2D eigenvalue weighted by atomic mass is 9.85. The van der Waals surface area contributed by atoms with Crippen LogP contribution in [0.25, 0.3) is 0 Å². The Morgan fingerprint density at radius 2 is 0.711 bits per heavy atom. The first kappa shape index (κ1) is 43.9. The van der Waals surface area contributed by atoms with E-state index in [2.05, 4.69) is 81.5 Å². The summed E-state index contributed by atoms with van der Waals surface area (Å²) in [6.45, 7) is 5.66. The molecular weight excluding hydrogens is 546 g/mol. The van der Waals surface area contributed by atoms with Crippen LogP contribution in [0.3, 0.4) is 0 Å². The molecule has 0 aliphatic rings. The third kappa shape index (κ3) is 35.6. The standard InChI is InChI=1S/C43H81NO/c1-5-7-9-11-13-15-17-19-21-23-25-27-29-31-33-35-39-43(45,41-37-38-42-44(3)4)40-36-34-32-30-28-26-24-22-20-18-16-14-12-10-8-6-2/h13-16,19-22,45H,5-12,17-18,23-42H2,1-4H3/b15-13-,16-14-,21-19-,22-20-. The van der Waals surface area contributed by atoms with E-state index in [0.717, 1.165) is 45.1 Å². The molecule has 0 heterocycles. The highest BCUT2D eigenvalue weighted by Crippen LogP contribution is 2.28. The van der Waals surface area contributed by atoms with E-state index in [4.69, 9.17) is 0 Å². The highest BCUT2D eigenvalue weighted by Gasteiger charge is 2.25. The Bertz CT molecular complexity index is 640. The van der Waals surface area contributed by atoms with Gasteiger partial charge in [0, 0.05) is 0 Å². The molecule has 0 aromatic heterocycles. The zero-order valence-corrected chi connectivity index (χ0v) is 31.2. The van der Waals surface area contributed by atoms with Crippen molar-refractivity contribution in [3.05, 3.63) is 48.6 Å². The molecule has 0 aromatic rings. The lowest BCUT2D eigenvalue weighted by Gasteiger charge is -2.29. The normalized spacial score (nSPS) is 12.8. The van der Waals surface area contributed by atoms with E-state index < -0.39 is 5.60 Å². The van der Waals surface area contributed by atoms with E-state index >= 15 is 0 Å². The maximum atomic E-state index is 11.6. The number of hydrogen-bond donors (Lipinski definition) is 1. The van der Waals surface area contributed by atoms with Crippen molar-refractivity contribution in [3.63, 3.8) is 0 Å². The molecule has 0 unspecified atom stereocenters. The van der Waals surface area contributed by atoms with Crippen LogP contribution >= 0.6 is 0 Å². The van der Waals surface area contributed by atoms with Crippen molar-refractivity contribution in [2.45, 2.75) is 206 Å². The topological polar surface area (TPSA) is 23.5 Å². The highest BCUT2D eigenvalue weighted by molar-refractivity contribution is 4.93. The van der Waals surface area contributed by atoms with Gasteiger partial charge < -0.3 is 10.0 Å². The number of rotatable bonds is 35. The van der Waals surface area contributed by atoms with Crippen LogP contribution in [0.4, 0.5) is 0 Å². The summed E-state index contributed by atoms with van der Waals surface area (Å²) in [7, 11) is 4.31. The summed E-state index contributed by atoms with van der Waals surface area (Å²) in [4.78, 5) is 2.27. The van der Waals surface area contributed by atoms with Crippen LogP contribution in [0.5, 0.6) is 0 Å². The van der Waals surface area contributed by atoms with Gasteiger partial charge in [-0.2, -0.15) is 0 Å². The number of hydrogen-bond acceptors (Lipinski definition) is 2. The molecule has 45 heavy (non-hydrogen) atoms. The van der Waals surface area contributed by atoms with Crippen LogP contribution in [0.15, 0.2) is 48.6 Å². The zero-order valence-electron chi connectivity index (χ0n) is 31.2. The molecule has 0 rings (SSSR count). The van der Waals surface area contributed by atoms with Gasteiger partial charge in [-0.1, -0.05) is 152 Å². The molecule has 1 N–H and O–H groups in total. The highest BCUT2D eigenvalue weighted by atomic mass is 16.3. The zero-order chi connectivity index (χ0) is 32.9. The molecule has 0 saturated carbocycles. The van der Waals surface area contributed by atoms with Crippen molar-refractivity contribution in [1.82, 2.24) is 4.90 Å². The fraction of sp³-hybridized carbons (Fsp3) is 0.814. The Kier molecular flexibility index (Phi) is 34.8. The van der Waals surface area contributed by atoms with Crippen LogP contribution in [0.1, 0.15) is 200 Å². The Morgan fingerprint density at radius 1 is 0.400 bits per heavy atom. The van der Waals surface area contributed by atoms with Gasteiger partial charge in [0.05, 0.1) is 5.60 Å². The largest absolute Gasteiger partial charge is 0.390 e. The van der Waals surface area contributed by atoms with Crippen LogP contribution in [-0.4, -0.2) is 36.2 Å². The molecule has 264 valence electrons. The second-order valence-electron chi connectivity index (χ2n) is 14.2. The van der Waals surface area contributed by atoms with Gasteiger partial charge >= 0.3 is 0 Å². The molecule has 2 nitrogen and oxygen atoms in total. The molecular formula is C43H81NO. The molecule has 0 bridgehead atoms. The average Bonchev–Trinajstić information content (AvgIpc) is 3.02. The fourth-order valence-corrected chi connectivity index (χ4v) is 6.14. The third-order valence-corrected chi connectivity index (χ3v) is 9.18. The summed E-state index contributed by atoms with van der Waals surface area (Å²) in [5.74, 6) is 0. The molecule has 0 amide bonds. The molecule has 0 atom stereocenters. The van der Waals surface area contributed by atoms with Crippen LogP contribution < -0.4 is 0 Å². The van der Waals surface area contributed by atoms with Gasteiger partial charge in [-0.25, -0.2) is 0 Å². The van der Waals surface area contributed by atoms with E-state index in [1.807, 2.05) is 0 Å². The monoisotopic (exact) mass is 628 g/mol. The SMILES string of the molecule is CCCCC/C=C\C/C=C\CCCCCCCCC(O)(CCCCCCCC/C=C\C/C=C\CCCCC)CCCCN(C)C. The number of nitrogens with zero attached hydrogens (tertiary/aromatic N) is 1. The van der Waals surface area contributed by atoms with Crippen molar-refractivity contribution in [1.29, 1.82) is 0 Å². The van der Waals surface area contributed by atoms with Gasteiger partial charge in [0.1, 0.15) is 0 Å². The van der Waals surface area contributed by atoms with Gasteiger partial charge in [-0.15, -0.1) is 0 Å². The minimum absolute atomic E-state index is 0.434. The van der Waals surface area contributed by atoms with E-state index in [9.17, 15) is 5.11 Å². The summed E-state index contributed by atoms with van der Waals surface area (Å²) < 4.78 is 0. The van der Waals surface area contributed by atoms with Crippen molar-refractivity contribution in [3.8, 4) is 0 Å². The van der Waals surface area contributed by atoms with Gasteiger partial charge in [-0.05, 0) is 117 Å². The minimum Gasteiger partial charge on any atom is -0.390 e. The molecule has 0 fully saturated rings. The fourth-order valence-electron chi connectivity index (χ4n) is 6.14. The molecule has 2 heteroatoms. The van der Waals surface area contributed by atoms with Crippen LogP contribution in [-0.2, 0) is 0 Å². The third-order valence-electron chi connectivity index (χ3n) is 9.18. The second-order valence-corrected chi connectivity index (χ2v) is 14.2. The van der Waals surface area contributed by atoms with Crippen molar-refractivity contribution < 1.29 is 5.11 Å². The van der Waals surface area contributed by atoms with Crippen LogP contribution in [0, 0.1) is 0 Å². The molecule has 0 saturated heterocycles. The average molecular weight is 628 g/mol. The summed E-state index contributed by atoms with van der Waals surface area (Å²) >= 11 is 0. The molecule has 0 aromatic carbocycles. The van der Waals surface area contributed by atoms with Gasteiger partial charge in [0.25, 0.3) is 0 Å². The van der Waals surface area contributed by atoms with Crippen molar-refractivity contribution in [2.24, 2.45) is 0 Å².